The molecule has 0 unspecified atom stereocenters. The van der Waals surface area contributed by atoms with Gasteiger partial charge in [0.1, 0.15) is 0 Å². The molecule has 2 aliphatic heterocycles. The van der Waals surface area contributed by atoms with E-state index < -0.39 is 30.3 Å². The number of ether oxygens (including phenoxy) is 1. The largest absolute Gasteiger partial charge is 0.491 e. The van der Waals surface area contributed by atoms with Gasteiger partial charge in [0.15, 0.2) is 5.12 Å². The van der Waals surface area contributed by atoms with E-state index in [1.807, 2.05) is 33.8 Å². The van der Waals surface area contributed by atoms with E-state index in [0.29, 0.717) is 11.3 Å². The van der Waals surface area contributed by atoms with Crippen molar-refractivity contribution in [1.29, 1.82) is 0 Å². The van der Waals surface area contributed by atoms with Gasteiger partial charge in [0.2, 0.25) is 0 Å². The van der Waals surface area contributed by atoms with Crippen molar-refractivity contribution in [2.24, 2.45) is 0 Å². The van der Waals surface area contributed by atoms with Crippen LogP contribution in [0.5, 0.6) is 0 Å². The molecule has 0 atom stereocenters. The lowest BCUT2D eigenvalue weighted by molar-refractivity contribution is -0.109. The van der Waals surface area contributed by atoms with Crippen molar-refractivity contribution in [2.75, 3.05) is 5.75 Å². The zero-order valence-corrected chi connectivity index (χ0v) is 16.8. The van der Waals surface area contributed by atoms with Gasteiger partial charge in [-0.1, -0.05) is 23.9 Å². The lowest BCUT2D eigenvalue weighted by Crippen LogP contribution is -2.41. The second-order valence-corrected chi connectivity index (χ2v) is 8.72. The Hall–Kier alpha value is -1.90. The van der Waals surface area contributed by atoms with Crippen LogP contribution in [0.1, 0.15) is 60.9 Å². The Morgan fingerprint density at radius 3 is 2.26 bits per heavy atom. The zero-order chi connectivity index (χ0) is 20.0. The summed E-state index contributed by atoms with van der Waals surface area (Å²) in [5, 5.41) is -0.0134. The van der Waals surface area contributed by atoms with Crippen LogP contribution in [0.4, 0.5) is 0 Å². The fraction of sp³-hybridized carbons (Fsp3) is 0.421. The first-order valence-corrected chi connectivity index (χ1v) is 9.59. The number of rotatable bonds is 4. The number of carbonyl (C=O) groups excluding carboxylic acids is 3. The highest BCUT2D eigenvalue weighted by atomic mass is 32.2. The number of esters is 2. The molecule has 0 N–H and O–H groups in total. The van der Waals surface area contributed by atoms with E-state index in [0.717, 1.165) is 17.2 Å². The van der Waals surface area contributed by atoms with Gasteiger partial charge in [0.05, 0.1) is 22.3 Å². The molecule has 27 heavy (non-hydrogen) atoms. The number of cyclic esters (lactones) is 2. The second kappa shape index (κ2) is 6.93. The van der Waals surface area contributed by atoms with E-state index in [9.17, 15) is 14.4 Å². The van der Waals surface area contributed by atoms with Crippen LogP contribution < -0.4 is 0 Å². The first kappa shape index (κ1) is 19.9. The summed E-state index contributed by atoms with van der Waals surface area (Å²) in [6, 6.07) is 4.89. The number of benzene rings is 1. The van der Waals surface area contributed by atoms with Crippen LogP contribution in [0.25, 0.3) is 6.08 Å². The minimum atomic E-state index is -0.652. The molecule has 1 aromatic rings. The summed E-state index contributed by atoms with van der Waals surface area (Å²) in [7, 11) is -0.608. The molecule has 0 bridgehead atoms. The van der Waals surface area contributed by atoms with E-state index in [1.54, 1.807) is 18.2 Å². The molecule has 2 aliphatic rings. The molecular weight excluding hydrogens is 367 g/mol. The van der Waals surface area contributed by atoms with Gasteiger partial charge < -0.3 is 14.0 Å². The average molecular weight is 388 g/mol. The Morgan fingerprint density at radius 1 is 1.07 bits per heavy atom. The summed E-state index contributed by atoms with van der Waals surface area (Å²) in [5.74, 6) is -0.892. The van der Waals surface area contributed by atoms with Gasteiger partial charge in [-0.05, 0) is 50.9 Å². The van der Waals surface area contributed by atoms with Gasteiger partial charge in [-0.3, -0.25) is 4.79 Å². The second-order valence-electron chi connectivity index (χ2n) is 7.57. The smallest absolute Gasteiger partial charge is 0.400 e. The molecule has 1 aromatic carbocycles. The lowest BCUT2D eigenvalue weighted by atomic mass is 9.78. The van der Waals surface area contributed by atoms with Crippen molar-refractivity contribution >= 4 is 42.0 Å². The molecule has 142 valence electrons. The number of carbonyl (C=O) groups is 3. The van der Waals surface area contributed by atoms with E-state index in [4.69, 9.17) is 9.31 Å². The van der Waals surface area contributed by atoms with Crippen LogP contribution in [-0.4, -0.2) is 41.1 Å². The van der Waals surface area contributed by atoms with Gasteiger partial charge in [-0.15, -0.1) is 0 Å². The predicted octanol–water partition coefficient (Wildman–Crippen LogP) is 3.29. The van der Waals surface area contributed by atoms with Crippen LogP contribution in [-0.2, 0) is 18.8 Å². The molecule has 0 spiro atoms. The maximum absolute atomic E-state index is 11.8. The maximum Gasteiger partial charge on any atom is 0.491 e. The van der Waals surface area contributed by atoms with Gasteiger partial charge >= 0.3 is 19.1 Å². The summed E-state index contributed by atoms with van der Waals surface area (Å²) in [5.41, 5.74) is 0.951. The molecule has 0 radical (unpaired) electrons. The summed E-state index contributed by atoms with van der Waals surface area (Å²) in [4.78, 5) is 34.9. The topological polar surface area (TPSA) is 78.9 Å². The van der Waals surface area contributed by atoms with Crippen molar-refractivity contribution in [1.82, 2.24) is 0 Å². The fourth-order valence-electron chi connectivity index (χ4n) is 2.76. The highest BCUT2D eigenvalue weighted by Crippen LogP contribution is 2.39. The quantitative estimate of drug-likeness (QED) is 0.445. The average Bonchev–Trinajstić information content (AvgIpc) is 2.95. The Bertz CT molecular complexity index is 842. The molecule has 0 aromatic heterocycles. The molecule has 0 saturated carbocycles. The lowest BCUT2D eigenvalue weighted by Gasteiger charge is -2.32. The van der Waals surface area contributed by atoms with Crippen molar-refractivity contribution < 1.29 is 28.4 Å². The third-order valence-electron chi connectivity index (χ3n) is 5.02. The molecule has 2 heterocycles. The van der Waals surface area contributed by atoms with Crippen LogP contribution in [0.3, 0.4) is 0 Å². The fourth-order valence-corrected chi connectivity index (χ4v) is 3.35. The van der Waals surface area contributed by atoms with Crippen molar-refractivity contribution in [2.45, 2.75) is 45.8 Å². The Balaban J connectivity index is 1.94. The minimum Gasteiger partial charge on any atom is -0.400 e. The first-order valence-electron chi connectivity index (χ1n) is 8.60. The monoisotopic (exact) mass is 388 g/mol. The molecule has 1 fully saturated rings. The normalized spacial score (nSPS) is 20.6. The predicted molar refractivity (Wildman–Crippen MR) is 103 cm³/mol. The van der Waals surface area contributed by atoms with Gasteiger partial charge in [-0.25, -0.2) is 9.59 Å². The highest BCUT2D eigenvalue weighted by molar-refractivity contribution is 8.13. The van der Waals surface area contributed by atoms with Crippen molar-refractivity contribution in [3.8, 4) is 0 Å². The van der Waals surface area contributed by atoms with Crippen molar-refractivity contribution in [3.63, 3.8) is 0 Å². The Morgan fingerprint density at radius 2 is 1.67 bits per heavy atom. The maximum atomic E-state index is 11.8. The van der Waals surface area contributed by atoms with Gasteiger partial charge in [-0.2, -0.15) is 0 Å². The standard InChI is InChI=1S/C19H21BO6S/c1-11(21)27-10-13(20-25-18(2,3)19(4,5)26-20)8-12-6-7-14-15(9-12)17(23)24-16(14)22/h6-9H,10H2,1-5H3. The Kier molecular flexibility index (Phi) is 5.09. The third kappa shape index (κ3) is 3.88. The SMILES string of the molecule is CC(=O)SCC(=Cc1ccc2c(c1)C(=O)OC2=O)B1OC(C)(C)C(C)(C)O1. The minimum absolute atomic E-state index is 0.0134. The number of hydrogen-bond acceptors (Lipinski definition) is 7. The molecule has 8 heteroatoms. The first-order chi connectivity index (χ1) is 12.5. The van der Waals surface area contributed by atoms with Gasteiger partial charge in [0, 0.05) is 12.7 Å². The molecular formula is C19H21BO6S. The van der Waals surface area contributed by atoms with E-state index in [2.05, 4.69) is 4.74 Å². The summed E-state index contributed by atoms with van der Waals surface area (Å²) in [6.45, 7) is 9.34. The van der Waals surface area contributed by atoms with Crippen LogP contribution in [0.15, 0.2) is 23.7 Å². The summed E-state index contributed by atoms with van der Waals surface area (Å²) < 4.78 is 16.8. The molecule has 3 rings (SSSR count). The number of hydrogen-bond donors (Lipinski definition) is 0. The van der Waals surface area contributed by atoms with E-state index in [1.165, 1.54) is 6.92 Å². The molecule has 1 saturated heterocycles. The van der Waals surface area contributed by atoms with Gasteiger partial charge in [0.25, 0.3) is 0 Å². The third-order valence-corrected chi connectivity index (χ3v) is 5.90. The highest BCUT2D eigenvalue weighted by Gasteiger charge is 2.52. The molecule has 6 nitrogen and oxygen atoms in total. The molecule has 0 amide bonds. The van der Waals surface area contributed by atoms with Crippen LogP contribution in [0.2, 0.25) is 0 Å². The van der Waals surface area contributed by atoms with Crippen molar-refractivity contribution in [3.05, 3.63) is 40.4 Å². The van der Waals surface area contributed by atoms with E-state index >= 15 is 0 Å². The van der Waals surface area contributed by atoms with Crippen LogP contribution in [0, 0.1) is 0 Å². The summed E-state index contributed by atoms with van der Waals surface area (Å²) in [6.07, 6.45) is 1.83. The van der Waals surface area contributed by atoms with Crippen LogP contribution >= 0.6 is 11.8 Å². The van der Waals surface area contributed by atoms with E-state index in [-0.39, 0.29) is 16.2 Å². The number of fused-ring (bicyclic) bond motifs is 1. The molecule has 0 aliphatic carbocycles. The zero-order valence-electron chi connectivity index (χ0n) is 16.0. The number of thioether (sulfide) groups is 1. The summed E-state index contributed by atoms with van der Waals surface area (Å²) >= 11 is 1.16. The Labute approximate surface area is 162 Å².